The van der Waals surface area contributed by atoms with Crippen molar-refractivity contribution >= 4 is 19.8 Å². The molecule has 0 radical (unpaired) electrons. The van der Waals surface area contributed by atoms with Crippen molar-refractivity contribution in [3.8, 4) is 0 Å². The van der Waals surface area contributed by atoms with Crippen molar-refractivity contribution < 1.29 is 42.1 Å². The maximum absolute atomic E-state index is 12.6. The smallest absolute Gasteiger partial charge is 0.306 e. The van der Waals surface area contributed by atoms with E-state index in [1.54, 1.807) is 0 Å². The summed E-state index contributed by atoms with van der Waals surface area (Å²) in [4.78, 5) is 37.4. The number of esters is 2. The zero-order valence-electron chi connectivity index (χ0n) is 34.4. The van der Waals surface area contributed by atoms with Gasteiger partial charge in [-0.05, 0) is 64.2 Å². The maximum atomic E-state index is 12.6. The van der Waals surface area contributed by atoms with Gasteiger partial charge in [0, 0.05) is 12.8 Å². The average Bonchev–Trinajstić information content (AvgIpc) is 3.10. The minimum Gasteiger partial charge on any atom is -0.756 e. The van der Waals surface area contributed by atoms with Crippen LogP contribution in [0.15, 0.2) is 48.6 Å². The zero-order chi connectivity index (χ0) is 39.3. The molecule has 0 spiro atoms. The third kappa shape index (κ3) is 39.5. The standard InChI is InChI=1S/C43H78NO8P/c1-6-8-10-12-14-16-18-20-22-24-26-28-30-32-34-36-43(46)52-41(40-51-53(47,48)50-38-37-44(3,4)5)39-49-42(45)35-33-31-29-27-25-23-21-19-17-15-13-11-9-7-2/h13,15-16,18-22,41H,6-12,14,17,23-40H2,1-5H3/b15-13+,18-16+,21-19+,22-20+/t41-/m1/s1. The molecule has 2 atom stereocenters. The second kappa shape index (κ2) is 35.7. The van der Waals surface area contributed by atoms with Crippen LogP contribution in [-0.2, 0) is 32.7 Å². The van der Waals surface area contributed by atoms with Crippen molar-refractivity contribution in [3.05, 3.63) is 48.6 Å². The van der Waals surface area contributed by atoms with Crippen molar-refractivity contribution in [3.63, 3.8) is 0 Å². The number of hydrogen-bond acceptors (Lipinski definition) is 8. The monoisotopic (exact) mass is 768 g/mol. The van der Waals surface area contributed by atoms with E-state index in [9.17, 15) is 19.0 Å². The molecule has 0 bridgehead atoms. The van der Waals surface area contributed by atoms with Crippen LogP contribution in [-0.4, -0.2) is 70.0 Å². The Labute approximate surface area is 324 Å². The molecule has 0 aromatic rings. The molecule has 0 saturated heterocycles. The number of carbonyl (C=O) groups excluding carboxylic acids is 2. The molecule has 9 nitrogen and oxygen atoms in total. The number of phosphoric acid groups is 1. The Hall–Kier alpha value is -2.03. The zero-order valence-corrected chi connectivity index (χ0v) is 35.3. The average molecular weight is 768 g/mol. The fraction of sp³-hybridized carbons (Fsp3) is 0.767. The Morgan fingerprint density at radius 1 is 0.604 bits per heavy atom. The number of phosphoric ester groups is 1. The number of quaternary nitrogens is 1. The van der Waals surface area contributed by atoms with E-state index < -0.39 is 32.5 Å². The lowest BCUT2D eigenvalue weighted by atomic mass is 10.1. The SMILES string of the molecule is CCCC/C=C/C/C=C/CCCCCCCC(=O)OC[C@H](COP(=O)([O-])OCC[N+](C)(C)C)OC(=O)CCCCCCC/C=C/C=C/CCCCCC. The predicted molar refractivity (Wildman–Crippen MR) is 217 cm³/mol. The van der Waals surface area contributed by atoms with E-state index in [2.05, 4.69) is 62.5 Å². The Balaban J connectivity index is 4.46. The molecule has 10 heteroatoms. The molecule has 0 aliphatic carbocycles. The molecule has 0 N–H and O–H groups in total. The topological polar surface area (TPSA) is 111 Å². The summed E-state index contributed by atoms with van der Waals surface area (Å²) in [5.74, 6) is -0.872. The lowest BCUT2D eigenvalue weighted by molar-refractivity contribution is -0.870. The highest BCUT2D eigenvalue weighted by molar-refractivity contribution is 7.45. The van der Waals surface area contributed by atoms with Crippen LogP contribution >= 0.6 is 7.82 Å². The third-order valence-electron chi connectivity index (χ3n) is 8.60. The van der Waals surface area contributed by atoms with E-state index in [-0.39, 0.29) is 26.1 Å². The first-order valence-electron chi connectivity index (χ1n) is 20.9. The molecule has 0 amide bonds. The van der Waals surface area contributed by atoms with Gasteiger partial charge < -0.3 is 27.9 Å². The molecule has 0 saturated carbocycles. The van der Waals surface area contributed by atoms with Gasteiger partial charge in [-0.1, -0.05) is 133 Å². The summed E-state index contributed by atoms with van der Waals surface area (Å²) in [5.41, 5.74) is 0. The Bertz CT molecular complexity index is 1050. The molecule has 0 aromatic heterocycles. The normalized spacial score (nSPS) is 14.2. The molecular formula is C43H78NO8P. The van der Waals surface area contributed by atoms with E-state index in [1.807, 2.05) is 21.1 Å². The molecule has 0 aliphatic heterocycles. The first-order valence-corrected chi connectivity index (χ1v) is 22.3. The fourth-order valence-electron chi connectivity index (χ4n) is 5.25. The molecule has 0 aromatic carbocycles. The molecule has 53 heavy (non-hydrogen) atoms. The second-order valence-electron chi connectivity index (χ2n) is 15.0. The second-order valence-corrected chi connectivity index (χ2v) is 16.4. The lowest BCUT2D eigenvalue weighted by Gasteiger charge is -2.28. The van der Waals surface area contributed by atoms with Crippen LogP contribution in [0, 0.1) is 0 Å². The molecule has 0 heterocycles. The number of ether oxygens (including phenoxy) is 2. The van der Waals surface area contributed by atoms with Crippen LogP contribution in [0.1, 0.15) is 162 Å². The van der Waals surface area contributed by atoms with Crippen LogP contribution in [0.4, 0.5) is 0 Å². The molecular weight excluding hydrogens is 689 g/mol. The number of nitrogens with zero attached hydrogens (tertiary/aromatic N) is 1. The Morgan fingerprint density at radius 3 is 1.66 bits per heavy atom. The fourth-order valence-corrected chi connectivity index (χ4v) is 5.98. The van der Waals surface area contributed by atoms with Gasteiger partial charge in [0.2, 0.25) is 0 Å². The summed E-state index contributed by atoms with van der Waals surface area (Å²) < 4.78 is 33.8. The molecule has 308 valence electrons. The molecule has 0 aliphatic rings. The minimum atomic E-state index is -4.63. The highest BCUT2D eigenvalue weighted by Crippen LogP contribution is 2.38. The first-order chi connectivity index (χ1) is 25.5. The van der Waals surface area contributed by atoms with E-state index >= 15 is 0 Å². The van der Waals surface area contributed by atoms with Crippen LogP contribution in [0.5, 0.6) is 0 Å². The van der Waals surface area contributed by atoms with Crippen molar-refractivity contribution in [1.29, 1.82) is 0 Å². The summed E-state index contributed by atoms with van der Waals surface area (Å²) >= 11 is 0. The number of carbonyl (C=O) groups is 2. The lowest BCUT2D eigenvalue weighted by Crippen LogP contribution is -2.37. The molecule has 0 fully saturated rings. The van der Waals surface area contributed by atoms with Gasteiger partial charge in [0.1, 0.15) is 19.8 Å². The molecule has 0 rings (SSSR count). The number of unbranched alkanes of at least 4 members (excludes halogenated alkanes) is 16. The minimum absolute atomic E-state index is 0.0380. The van der Waals surface area contributed by atoms with Crippen LogP contribution in [0.25, 0.3) is 0 Å². The highest BCUT2D eigenvalue weighted by atomic mass is 31.2. The summed E-state index contributed by atoms with van der Waals surface area (Å²) in [6.07, 6.45) is 39.9. The van der Waals surface area contributed by atoms with Gasteiger partial charge in [0.25, 0.3) is 7.82 Å². The number of rotatable bonds is 37. The van der Waals surface area contributed by atoms with Crippen LogP contribution in [0.3, 0.4) is 0 Å². The molecule has 1 unspecified atom stereocenters. The van der Waals surface area contributed by atoms with Gasteiger partial charge in [-0.2, -0.15) is 0 Å². The Morgan fingerprint density at radius 2 is 1.09 bits per heavy atom. The number of allylic oxidation sites excluding steroid dienone is 8. The third-order valence-corrected chi connectivity index (χ3v) is 9.56. The van der Waals surface area contributed by atoms with Gasteiger partial charge in [-0.25, -0.2) is 0 Å². The van der Waals surface area contributed by atoms with Gasteiger partial charge >= 0.3 is 11.9 Å². The van der Waals surface area contributed by atoms with E-state index in [1.165, 1.54) is 38.5 Å². The number of hydrogen-bond donors (Lipinski definition) is 0. The largest absolute Gasteiger partial charge is 0.756 e. The van der Waals surface area contributed by atoms with Gasteiger partial charge in [-0.15, -0.1) is 0 Å². The van der Waals surface area contributed by atoms with E-state index in [4.69, 9.17) is 18.5 Å². The van der Waals surface area contributed by atoms with Crippen molar-refractivity contribution in [1.82, 2.24) is 0 Å². The summed E-state index contributed by atoms with van der Waals surface area (Å²) in [5, 5.41) is 0. The summed E-state index contributed by atoms with van der Waals surface area (Å²) in [6.45, 7) is 4.11. The van der Waals surface area contributed by atoms with Crippen molar-refractivity contribution in [2.75, 3.05) is 47.5 Å². The number of likely N-dealkylation sites (N-methyl/N-ethyl adjacent to an activating group) is 1. The van der Waals surface area contributed by atoms with E-state index in [0.29, 0.717) is 23.9 Å². The highest BCUT2D eigenvalue weighted by Gasteiger charge is 2.21. The summed E-state index contributed by atoms with van der Waals surface area (Å²) in [7, 11) is 1.14. The van der Waals surface area contributed by atoms with Gasteiger partial charge in [0.15, 0.2) is 6.10 Å². The first kappa shape index (κ1) is 51.0. The van der Waals surface area contributed by atoms with E-state index in [0.717, 1.165) is 83.5 Å². The quantitative estimate of drug-likeness (QED) is 0.0153. The summed E-state index contributed by atoms with van der Waals surface area (Å²) in [6, 6.07) is 0. The van der Waals surface area contributed by atoms with Gasteiger partial charge in [-0.3, -0.25) is 14.2 Å². The van der Waals surface area contributed by atoms with Crippen LogP contribution < -0.4 is 4.89 Å². The van der Waals surface area contributed by atoms with Gasteiger partial charge in [0.05, 0.1) is 27.7 Å². The maximum Gasteiger partial charge on any atom is 0.306 e. The van der Waals surface area contributed by atoms with Crippen molar-refractivity contribution in [2.45, 2.75) is 168 Å². The predicted octanol–water partition coefficient (Wildman–Crippen LogP) is 10.9. The Kier molecular flexibility index (Phi) is 34.3. The van der Waals surface area contributed by atoms with Crippen molar-refractivity contribution in [2.24, 2.45) is 0 Å². The van der Waals surface area contributed by atoms with Crippen LogP contribution in [0.2, 0.25) is 0 Å².